The maximum Gasteiger partial charge on any atom is 0.262 e. The number of carbonyl (C=O) groups is 2. The molecule has 0 spiro atoms. The van der Waals surface area contributed by atoms with Gasteiger partial charge in [0, 0.05) is 16.0 Å². The standard InChI is InChI=1S/C15H12Cl2N2O3S/c16-10-3-5-12(17)13(8-10)23-9-15(21)19-18-14(20)6-4-11-2-1-7-22-11/h1-8H,9H2,(H,18,20)(H,19,21)/b6-4+. The van der Waals surface area contributed by atoms with Gasteiger partial charge in [0.2, 0.25) is 5.91 Å². The van der Waals surface area contributed by atoms with Crippen LogP contribution in [0.1, 0.15) is 5.76 Å². The number of halogens is 2. The Morgan fingerprint density at radius 2 is 2.04 bits per heavy atom. The first-order chi connectivity index (χ1) is 11.0. The molecule has 0 aliphatic heterocycles. The minimum atomic E-state index is -0.472. The topological polar surface area (TPSA) is 71.3 Å². The first-order valence-corrected chi connectivity index (χ1v) is 8.17. The molecular weight excluding hydrogens is 359 g/mol. The molecule has 23 heavy (non-hydrogen) atoms. The molecule has 2 rings (SSSR count). The van der Waals surface area contributed by atoms with Gasteiger partial charge in [-0.3, -0.25) is 20.4 Å². The van der Waals surface area contributed by atoms with E-state index in [1.54, 1.807) is 30.3 Å². The summed E-state index contributed by atoms with van der Waals surface area (Å²) in [6.07, 6.45) is 4.24. The van der Waals surface area contributed by atoms with Crippen molar-refractivity contribution in [2.45, 2.75) is 4.90 Å². The van der Waals surface area contributed by atoms with Crippen LogP contribution in [0.5, 0.6) is 0 Å². The maximum absolute atomic E-state index is 11.7. The lowest BCUT2D eigenvalue weighted by atomic mass is 10.4. The molecule has 5 nitrogen and oxygen atoms in total. The zero-order chi connectivity index (χ0) is 16.7. The number of carbonyl (C=O) groups excluding carboxylic acids is 2. The normalized spacial score (nSPS) is 10.7. The summed E-state index contributed by atoms with van der Waals surface area (Å²) in [7, 11) is 0. The third-order valence-corrected chi connectivity index (χ3v) is 4.25. The van der Waals surface area contributed by atoms with E-state index >= 15 is 0 Å². The van der Waals surface area contributed by atoms with Crippen LogP contribution in [0.4, 0.5) is 0 Å². The number of hydrazine groups is 1. The molecule has 1 aromatic carbocycles. The van der Waals surface area contributed by atoms with Crippen LogP contribution in [-0.2, 0) is 9.59 Å². The predicted molar refractivity (Wildman–Crippen MR) is 91.2 cm³/mol. The van der Waals surface area contributed by atoms with Crippen molar-refractivity contribution >= 4 is 52.9 Å². The number of amides is 2. The second kappa shape index (κ2) is 8.67. The Bertz CT molecular complexity index is 718. The quantitative estimate of drug-likeness (QED) is 0.479. The third-order valence-electron chi connectivity index (χ3n) is 2.52. The summed E-state index contributed by atoms with van der Waals surface area (Å²) >= 11 is 13.1. The van der Waals surface area contributed by atoms with Crippen LogP contribution in [0.25, 0.3) is 6.08 Å². The number of thioether (sulfide) groups is 1. The molecular formula is C15H12Cl2N2O3S. The van der Waals surface area contributed by atoms with Gasteiger partial charge in [-0.25, -0.2) is 0 Å². The van der Waals surface area contributed by atoms with Gasteiger partial charge in [-0.2, -0.15) is 0 Å². The van der Waals surface area contributed by atoms with Crippen molar-refractivity contribution in [2.75, 3.05) is 5.75 Å². The average molecular weight is 371 g/mol. The highest BCUT2D eigenvalue weighted by molar-refractivity contribution is 8.00. The highest BCUT2D eigenvalue weighted by Gasteiger charge is 2.07. The highest BCUT2D eigenvalue weighted by Crippen LogP contribution is 2.29. The van der Waals surface area contributed by atoms with Crippen LogP contribution in [0.2, 0.25) is 10.0 Å². The van der Waals surface area contributed by atoms with Gasteiger partial charge in [0.25, 0.3) is 5.91 Å². The van der Waals surface area contributed by atoms with Crippen molar-refractivity contribution in [1.82, 2.24) is 10.9 Å². The lowest BCUT2D eigenvalue weighted by Crippen LogP contribution is -2.41. The Balaban J connectivity index is 1.74. The number of furan rings is 1. The molecule has 2 amide bonds. The number of hydrogen-bond acceptors (Lipinski definition) is 4. The van der Waals surface area contributed by atoms with Gasteiger partial charge in [-0.1, -0.05) is 23.2 Å². The van der Waals surface area contributed by atoms with Gasteiger partial charge in [0.05, 0.1) is 17.0 Å². The fourth-order valence-corrected chi connectivity index (χ4v) is 2.78. The number of rotatable bonds is 5. The summed E-state index contributed by atoms with van der Waals surface area (Å²) in [5.74, 6) is -0.216. The summed E-state index contributed by atoms with van der Waals surface area (Å²) in [6, 6.07) is 8.41. The van der Waals surface area contributed by atoms with E-state index in [0.717, 1.165) is 0 Å². The van der Waals surface area contributed by atoms with Crippen molar-refractivity contribution in [2.24, 2.45) is 0 Å². The number of nitrogens with one attached hydrogen (secondary N) is 2. The molecule has 0 bridgehead atoms. The fourth-order valence-electron chi connectivity index (χ4n) is 1.48. The summed E-state index contributed by atoms with van der Waals surface area (Å²) in [6.45, 7) is 0. The van der Waals surface area contributed by atoms with E-state index in [4.69, 9.17) is 27.6 Å². The minimum Gasteiger partial charge on any atom is -0.465 e. The molecule has 2 N–H and O–H groups in total. The lowest BCUT2D eigenvalue weighted by molar-refractivity contribution is -0.125. The van der Waals surface area contributed by atoms with E-state index in [1.807, 2.05) is 0 Å². The van der Waals surface area contributed by atoms with Gasteiger partial charge in [-0.05, 0) is 36.4 Å². The molecule has 0 unspecified atom stereocenters. The van der Waals surface area contributed by atoms with E-state index in [1.165, 1.54) is 30.2 Å². The molecule has 1 aromatic heterocycles. The van der Waals surface area contributed by atoms with Crippen molar-refractivity contribution in [3.05, 3.63) is 58.5 Å². The minimum absolute atomic E-state index is 0.0856. The van der Waals surface area contributed by atoms with E-state index in [-0.39, 0.29) is 11.7 Å². The molecule has 0 aliphatic rings. The Morgan fingerprint density at radius 1 is 1.22 bits per heavy atom. The second-order valence-corrected chi connectivity index (χ2v) is 6.11. The van der Waals surface area contributed by atoms with Gasteiger partial charge >= 0.3 is 0 Å². The molecule has 120 valence electrons. The zero-order valence-electron chi connectivity index (χ0n) is 11.7. The summed E-state index contributed by atoms with van der Waals surface area (Å²) in [5.41, 5.74) is 4.57. The first-order valence-electron chi connectivity index (χ1n) is 6.43. The monoisotopic (exact) mass is 370 g/mol. The molecule has 0 atom stereocenters. The highest BCUT2D eigenvalue weighted by atomic mass is 35.5. The zero-order valence-corrected chi connectivity index (χ0v) is 14.0. The molecule has 0 aliphatic carbocycles. The van der Waals surface area contributed by atoms with Crippen LogP contribution < -0.4 is 10.9 Å². The van der Waals surface area contributed by atoms with E-state index < -0.39 is 5.91 Å². The molecule has 1 heterocycles. The summed E-state index contributed by atoms with van der Waals surface area (Å²) in [4.78, 5) is 23.9. The maximum atomic E-state index is 11.7. The molecule has 0 saturated carbocycles. The number of hydrogen-bond donors (Lipinski definition) is 2. The van der Waals surface area contributed by atoms with E-state index in [0.29, 0.717) is 20.7 Å². The summed E-state index contributed by atoms with van der Waals surface area (Å²) in [5, 5.41) is 1.05. The van der Waals surface area contributed by atoms with Crippen molar-refractivity contribution in [3.63, 3.8) is 0 Å². The average Bonchev–Trinajstić information content (AvgIpc) is 3.05. The number of benzene rings is 1. The van der Waals surface area contributed by atoms with Crippen LogP contribution in [0.15, 0.2) is 52.0 Å². The van der Waals surface area contributed by atoms with Gasteiger partial charge < -0.3 is 4.42 Å². The molecule has 0 fully saturated rings. The Morgan fingerprint density at radius 3 is 2.78 bits per heavy atom. The van der Waals surface area contributed by atoms with E-state index in [9.17, 15) is 9.59 Å². The van der Waals surface area contributed by atoms with Crippen molar-refractivity contribution in [1.29, 1.82) is 0 Å². The van der Waals surface area contributed by atoms with Crippen LogP contribution in [-0.4, -0.2) is 17.6 Å². The Kier molecular flexibility index (Phi) is 6.58. The van der Waals surface area contributed by atoms with Crippen molar-refractivity contribution < 1.29 is 14.0 Å². The molecule has 2 aromatic rings. The first kappa shape index (κ1) is 17.5. The largest absolute Gasteiger partial charge is 0.465 e. The Labute approximate surface area is 147 Å². The summed E-state index contributed by atoms with van der Waals surface area (Å²) < 4.78 is 5.04. The molecule has 8 heteroatoms. The third kappa shape index (κ3) is 6.02. The predicted octanol–water partition coefficient (Wildman–Crippen LogP) is 3.54. The van der Waals surface area contributed by atoms with Gasteiger partial charge in [-0.15, -0.1) is 11.8 Å². The van der Waals surface area contributed by atoms with Crippen LogP contribution in [0, 0.1) is 0 Å². The smallest absolute Gasteiger partial charge is 0.262 e. The van der Waals surface area contributed by atoms with Crippen LogP contribution in [0.3, 0.4) is 0 Å². The SMILES string of the molecule is O=C(/C=C/c1ccco1)NNC(=O)CSc1cc(Cl)ccc1Cl. The van der Waals surface area contributed by atoms with Gasteiger partial charge in [0.1, 0.15) is 5.76 Å². The molecule has 0 radical (unpaired) electrons. The van der Waals surface area contributed by atoms with E-state index in [2.05, 4.69) is 10.9 Å². The second-order valence-electron chi connectivity index (χ2n) is 4.25. The Hall–Kier alpha value is -1.89. The fraction of sp³-hybridized carbons (Fsp3) is 0.0667. The van der Waals surface area contributed by atoms with Crippen molar-refractivity contribution in [3.8, 4) is 0 Å². The molecule has 0 saturated heterocycles. The lowest BCUT2D eigenvalue weighted by Gasteiger charge is -2.06. The van der Waals surface area contributed by atoms with Gasteiger partial charge in [0.15, 0.2) is 0 Å². The van der Waals surface area contributed by atoms with Crippen LogP contribution >= 0.6 is 35.0 Å².